The highest BCUT2D eigenvalue weighted by molar-refractivity contribution is 7.80. The van der Waals surface area contributed by atoms with Crippen molar-refractivity contribution >= 4 is 23.0 Å². The van der Waals surface area contributed by atoms with Crippen molar-refractivity contribution in [2.75, 3.05) is 5.32 Å². The first-order valence-electron chi connectivity index (χ1n) is 3.79. The lowest BCUT2D eigenvalue weighted by Crippen LogP contribution is -2.19. The predicted molar refractivity (Wildman–Crippen MR) is 53.4 cm³/mol. The van der Waals surface area contributed by atoms with E-state index in [0.717, 1.165) is 18.2 Å². The largest absolute Gasteiger partial charge is 0.435 e. The standard InChI is InChI=1S/C8H7F3N2OS/c9-4-1-5(13-8(12)15)3-6(2-4)14-7(10)11/h1-3,7H,(H3,12,13,15). The Morgan fingerprint density at radius 2 is 2.07 bits per heavy atom. The van der Waals surface area contributed by atoms with E-state index >= 15 is 0 Å². The Kier molecular flexibility index (Phi) is 3.73. The molecule has 82 valence electrons. The van der Waals surface area contributed by atoms with Crippen molar-refractivity contribution in [2.24, 2.45) is 5.73 Å². The minimum Gasteiger partial charge on any atom is -0.435 e. The Bertz CT molecular complexity index is 373. The molecular weight excluding hydrogens is 229 g/mol. The van der Waals surface area contributed by atoms with Crippen LogP contribution in [0.4, 0.5) is 18.9 Å². The highest BCUT2D eigenvalue weighted by atomic mass is 32.1. The molecule has 7 heteroatoms. The Hall–Kier alpha value is -1.50. The fraction of sp³-hybridized carbons (Fsp3) is 0.125. The van der Waals surface area contributed by atoms with Gasteiger partial charge in [-0.05, 0) is 18.3 Å². The van der Waals surface area contributed by atoms with Crippen LogP contribution in [0.2, 0.25) is 0 Å². The Balaban J connectivity index is 2.89. The van der Waals surface area contributed by atoms with Crippen LogP contribution in [0.5, 0.6) is 5.75 Å². The van der Waals surface area contributed by atoms with E-state index in [2.05, 4.69) is 22.3 Å². The van der Waals surface area contributed by atoms with Crippen LogP contribution in [0, 0.1) is 5.82 Å². The summed E-state index contributed by atoms with van der Waals surface area (Å²) < 4.78 is 40.6. The number of rotatable bonds is 3. The monoisotopic (exact) mass is 236 g/mol. The van der Waals surface area contributed by atoms with Gasteiger partial charge in [0.1, 0.15) is 11.6 Å². The summed E-state index contributed by atoms with van der Waals surface area (Å²) in [7, 11) is 0. The van der Waals surface area contributed by atoms with Gasteiger partial charge < -0.3 is 15.8 Å². The summed E-state index contributed by atoms with van der Waals surface area (Å²) in [5.74, 6) is -1.03. The molecule has 15 heavy (non-hydrogen) atoms. The number of hydrogen-bond acceptors (Lipinski definition) is 2. The van der Waals surface area contributed by atoms with E-state index in [9.17, 15) is 13.2 Å². The molecule has 0 saturated carbocycles. The van der Waals surface area contributed by atoms with Crippen molar-refractivity contribution in [3.8, 4) is 5.75 Å². The van der Waals surface area contributed by atoms with Crippen molar-refractivity contribution in [2.45, 2.75) is 6.61 Å². The molecule has 3 nitrogen and oxygen atoms in total. The lowest BCUT2D eigenvalue weighted by atomic mass is 10.3. The van der Waals surface area contributed by atoms with Crippen molar-refractivity contribution in [3.05, 3.63) is 24.0 Å². The smallest absolute Gasteiger partial charge is 0.387 e. The van der Waals surface area contributed by atoms with Gasteiger partial charge in [-0.1, -0.05) is 0 Å². The Morgan fingerprint density at radius 3 is 2.60 bits per heavy atom. The Morgan fingerprint density at radius 1 is 1.40 bits per heavy atom. The van der Waals surface area contributed by atoms with Crippen LogP contribution in [0.15, 0.2) is 18.2 Å². The molecule has 0 atom stereocenters. The molecule has 1 aromatic carbocycles. The summed E-state index contributed by atoms with van der Waals surface area (Å²) in [4.78, 5) is 0. The molecule has 0 aromatic heterocycles. The molecule has 0 unspecified atom stereocenters. The van der Waals surface area contributed by atoms with Gasteiger partial charge in [0.25, 0.3) is 0 Å². The van der Waals surface area contributed by atoms with Crippen molar-refractivity contribution in [3.63, 3.8) is 0 Å². The summed E-state index contributed by atoms with van der Waals surface area (Å²) in [6.45, 7) is -3.01. The van der Waals surface area contributed by atoms with Crippen LogP contribution in [-0.4, -0.2) is 11.7 Å². The Labute approximate surface area is 89.0 Å². The minimum absolute atomic E-state index is 0.0939. The number of halogens is 3. The van der Waals surface area contributed by atoms with Crippen molar-refractivity contribution < 1.29 is 17.9 Å². The average Bonchev–Trinajstić information content (AvgIpc) is 1.98. The van der Waals surface area contributed by atoms with Gasteiger partial charge >= 0.3 is 6.61 Å². The molecule has 0 amide bonds. The first kappa shape index (κ1) is 11.6. The molecule has 0 aliphatic carbocycles. The molecule has 0 fully saturated rings. The molecule has 3 N–H and O–H groups in total. The fourth-order valence-corrected chi connectivity index (χ4v) is 1.07. The summed E-state index contributed by atoms with van der Waals surface area (Å²) in [5, 5.41) is 2.31. The normalized spacial score (nSPS) is 10.1. The fourth-order valence-electron chi connectivity index (χ4n) is 0.948. The predicted octanol–water partition coefficient (Wildman–Crippen LogP) is 2.08. The van der Waals surface area contributed by atoms with Gasteiger partial charge in [-0.15, -0.1) is 0 Å². The first-order valence-corrected chi connectivity index (χ1v) is 4.20. The number of benzene rings is 1. The highest BCUT2D eigenvalue weighted by Crippen LogP contribution is 2.21. The van der Waals surface area contributed by atoms with Crippen LogP contribution in [0.3, 0.4) is 0 Å². The molecule has 1 rings (SSSR count). The quantitative estimate of drug-likeness (QED) is 0.789. The second kappa shape index (κ2) is 4.83. The molecule has 1 aromatic rings. The van der Waals surface area contributed by atoms with E-state index in [1.54, 1.807) is 0 Å². The summed E-state index contributed by atoms with van der Waals surface area (Å²) >= 11 is 4.51. The number of hydrogen-bond donors (Lipinski definition) is 2. The lowest BCUT2D eigenvalue weighted by Gasteiger charge is -2.08. The molecule has 0 bridgehead atoms. The maximum Gasteiger partial charge on any atom is 0.387 e. The molecule has 0 spiro atoms. The number of nitrogens with one attached hydrogen (secondary N) is 1. The molecule has 0 heterocycles. The summed E-state index contributed by atoms with van der Waals surface area (Å²) in [5.41, 5.74) is 5.29. The summed E-state index contributed by atoms with van der Waals surface area (Å²) in [6.07, 6.45) is 0. The van der Waals surface area contributed by atoms with Crippen LogP contribution < -0.4 is 15.8 Å². The number of nitrogens with two attached hydrogens (primary N) is 1. The molecule has 0 radical (unpaired) electrons. The van der Waals surface area contributed by atoms with Gasteiger partial charge in [0, 0.05) is 17.8 Å². The van der Waals surface area contributed by atoms with Gasteiger partial charge in [0.05, 0.1) is 0 Å². The second-order valence-electron chi connectivity index (χ2n) is 2.54. The molecule has 0 saturated heterocycles. The van der Waals surface area contributed by atoms with E-state index in [1.807, 2.05) is 0 Å². The third-order valence-electron chi connectivity index (χ3n) is 1.36. The molecule has 0 aliphatic rings. The van der Waals surface area contributed by atoms with E-state index in [1.165, 1.54) is 0 Å². The molecule has 0 aliphatic heterocycles. The van der Waals surface area contributed by atoms with Gasteiger partial charge in [0.2, 0.25) is 0 Å². The number of thiocarbonyl (C=S) groups is 1. The van der Waals surface area contributed by atoms with Crippen LogP contribution in [-0.2, 0) is 0 Å². The van der Waals surface area contributed by atoms with Gasteiger partial charge in [-0.25, -0.2) is 4.39 Å². The van der Waals surface area contributed by atoms with Crippen LogP contribution >= 0.6 is 12.2 Å². The van der Waals surface area contributed by atoms with Crippen LogP contribution in [0.1, 0.15) is 0 Å². The second-order valence-corrected chi connectivity index (χ2v) is 2.98. The maximum absolute atomic E-state index is 12.9. The van der Waals surface area contributed by atoms with Crippen molar-refractivity contribution in [1.29, 1.82) is 0 Å². The lowest BCUT2D eigenvalue weighted by molar-refractivity contribution is -0.0499. The highest BCUT2D eigenvalue weighted by Gasteiger charge is 2.07. The topological polar surface area (TPSA) is 47.3 Å². The SMILES string of the molecule is NC(=S)Nc1cc(F)cc(OC(F)F)c1. The van der Waals surface area contributed by atoms with Gasteiger partial charge in [-0.2, -0.15) is 8.78 Å². The average molecular weight is 236 g/mol. The maximum atomic E-state index is 12.9. The third kappa shape index (κ3) is 4.03. The number of anilines is 1. The number of alkyl halides is 2. The van der Waals surface area contributed by atoms with E-state index < -0.39 is 12.4 Å². The summed E-state index contributed by atoms with van der Waals surface area (Å²) in [6, 6.07) is 3.04. The van der Waals surface area contributed by atoms with Crippen molar-refractivity contribution in [1.82, 2.24) is 0 Å². The number of ether oxygens (including phenoxy) is 1. The zero-order valence-electron chi connectivity index (χ0n) is 7.34. The first-order chi connectivity index (χ1) is 6.97. The van der Waals surface area contributed by atoms with Gasteiger partial charge in [-0.3, -0.25) is 0 Å². The molecular formula is C8H7F3N2OS. The van der Waals surface area contributed by atoms with E-state index in [4.69, 9.17) is 5.73 Å². The van der Waals surface area contributed by atoms with E-state index in [0.29, 0.717) is 0 Å². The van der Waals surface area contributed by atoms with Gasteiger partial charge in [0.15, 0.2) is 5.11 Å². The zero-order chi connectivity index (χ0) is 11.4. The van der Waals surface area contributed by atoms with E-state index in [-0.39, 0.29) is 16.5 Å². The zero-order valence-corrected chi connectivity index (χ0v) is 8.15. The minimum atomic E-state index is -3.01. The third-order valence-corrected chi connectivity index (χ3v) is 1.47. The van der Waals surface area contributed by atoms with Crippen LogP contribution in [0.25, 0.3) is 0 Å².